The number of carbonyl (C=O) groups excluding carboxylic acids is 1. The topological polar surface area (TPSA) is 103 Å². The van der Waals surface area contributed by atoms with Gasteiger partial charge in [-0.1, -0.05) is 11.6 Å². The van der Waals surface area contributed by atoms with E-state index in [2.05, 4.69) is 10.7 Å². The fourth-order valence-electron chi connectivity index (χ4n) is 2.71. The standard InChI is InChI=1S/C15H16ClN3O3.CH5N/c1-18-4-5-19(8-13(18)15(21)22)14(20)12-7-9-6-10(16)2-3-11(9)17-12;1-2/h2-3,6-7,13,17H,4-5,8H2,1H3,(H,21,22);2H2,1H3. The molecule has 0 saturated carbocycles. The fourth-order valence-corrected chi connectivity index (χ4v) is 2.89. The van der Waals surface area contributed by atoms with Gasteiger partial charge in [-0.05, 0) is 38.4 Å². The molecule has 0 spiro atoms. The molecule has 8 heteroatoms. The molecule has 3 rings (SSSR count). The number of fused-ring (bicyclic) bond motifs is 1. The third kappa shape index (κ3) is 3.69. The van der Waals surface area contributed by atoms with E-state index in [1.54, 1.807) is 35.0 Å². The first-order valence-corrected chi connectivity index (χ1v) is 7.92. The summed E-state index contributed by atoms with van der Waals surface area (Å²) in [7, 11) is 3.26. The Bertz CT molecular complexity index is 746. The number of hydrogen-bond acceptors (Lipinski definition) is 4. The lowest BCUT2D eigenvalue weighted by molar-refractivity contribution is -0.144. The van der Waals surface area contributed by atoms with Gasteiger partial charge in [-0.15, -0.1) is 0 Å². The van der Waals surface area contributed by atoms with Crippen LogP contribution in [0.15, 0.2) is 24.3 Å². The van der Waals surface area contributed by atoms with Gasteiger partial charge in [0.25, 0.3) is 5.91 Å². The lowest BCUT2D eigenvalue weighted by Gasteiger charge is -2.36. The van der Waals surface area contributed by atoms with Gasteiger partial charge in [0, 0.05) is 35.6 Å². The number of hydrogen-bond donors (Lipinski definition) is 3. The molecule has 1 amide bonds. The summed E-state index contributed by atoms with van der Waals surface area (Å²) < 4.78 is 0. The molecule has 4 N–H and O–H groups in total. The van der Waals surface area contributed by atoms with Crippen molar-refractivity contribution in [2.75, 3.05) is 33.7 Å². The molecule has 1 fully saturated rings. The van der Waals surface area contributed by atoms with Crippen molar-refractivity contribution >= 4 is 34.4 Å². The van der Waals surface area contributed by atoms with E-state index in [4.69, 9.17) is 11.6 Å². The van der Waals surface area contributed by atoms with E-state index >= 15 is 0 Å². The first-order chi connectivity index (χ1) is 11.5. The number of amides is 1. The minimum absolute atomic E-state index is 0.181. The number of H-pyrrole nitrogens is 1. The second kappa shape index (κ2) is 7.65. The van der Waals surface area contributed by atoms with Crippen LogP contribution in [-0.2, 0) is 4.79 Å². The van der Waals surface area contributed by atoms with Gasteiger partial charge >= 0.3 is 5.97 Å². The van der Waals surface area contributed by atoms with E-state index in [9.17, 15) is 14.7 Å². The van der Waals surface area contributed by atoms with Crippen LogP contribution >= 0.6 is 11.6 Å². The molecule has 130 valence electrons. The van der Waals surface area contributed by atoms with Crippen LogP contribution in [-0.4, -0.2) is 71.5 Å². The van der Waals surface area contributed by atoms with Crippen LogP contribution in [0, 0.1) is 0 Å². The number of nitrogens with one attached hydrogen (secondary N) is 1. The van der Waals surface area contributed by atoms with Crippen molar-refractivity contribution in [2.24, 2.45) is 5.73 Å². The second-order valence-electron chi connectivity index (χ2n) is 5.50. The fraction of sp³-hybridized carbons (Fsp3) is 0.375. The molecule has 1 atom stereocenters. The number of carboxylic acids is 1. The molecule has 1 aliphatic heterocycles. The van der Waals surface area contributed by atoms with E-state index in [1.165, 1.54) is 7.05 Å². The Morgan fingerprint density at radius 2 is 2.00 bits per heavy atom. The zero-order valence-electron chi connectivity index (χ0n) is 13.6. The van der Waals surface area contributed by atoms with Gasteiger partial charge in [0.2, 0.25) is 0 Å². The predicted molar refractivity (Wildman–Crippen MR) is 93.4 cm³/mol. The zero-order valence-corrected chi connectivity index (χ0v) is 14.4. The van der Waals surface area contributed by atoms with Crippen molar-refractivity contribution < 1.29 is 14.7 Å². The summed E-state index contributed by atoms with van der Waals surface area (Å²) in [5.74, 6) is -1.10. The van der Waals surface area contributed by atoms with Crippen LogP contribution in [0.1, 0.15) is 10.5 Å². The molecule has 1 aromatic carbocycles. The lowest BCUT2D eigenvalue weighted by atomic mass is 10.1. The summed E-state index contributed by atoms with van der Waals surface area (Å²) in [5, 5.41) is 10.7. The maximum Gasteiger partial charge on any atom is 0.322 e. The summed E-state index contributed by atoms with van der Waals surface area (Å²) in [5.41, 5.74) is 5.78. The van der Waals surface area contributed by atoms with Gasteiger partial charge in [-0.3, -0.25) is 14.5 Å². The maximum absolute atomic E-state index is 12.6. The number of nitrogens with two attached hydrogens (primary N) is 1. The SMILES string of the molecule is CN.CN1CCN(C(=O)c2cc3cc(Cl)ccc3[nH]2)CC1C(=O)O. The number of likely N-dealkylation sites (N-methyl/N-ethyl adjacent to an activating group) is 1. The van der Waals surface area contributed by atoms with Crippen molar-refractivity contribution in [1.82, 2.24) is 14.8 Å². The van der Waals surface area contributed by atoms with Gasteiger partial charge in [-0.25, -0.2) is 0 Å². The number of carboxylic acid groups (broad SMARTS) is 1. The van der Waals surface area contributed by atoms with Gasteiger partial charge < -0.3 is 20.7 Å². The minimum atomic E-state index is -0.913. The molecule has 1 aromatic heterocycles. The third-order valence-electron chi connectivity index (χ3n) is 4.03. The van der Waals surface area contributed by atoms with Crippen LogP contribution in [0.5, 0.6) is 0 Å². The summed E-state index contributed by atoms with van der Waals surface area (Å²) >= 11 is 5.95. The normalized spacial score (nSPS) is 18.2. The van der Waals surface area contributed by atoms with E-state index in [1.807, 2.05) is 6.07 Å². The average Bonchev–Trinajstić information content (AvgIpc) is 2.99. The van der Waals surface area contributed by atoms with Crippen LogP contribution in [0.3, 0.4) is 0 Å². The van der Waals surface area contributed by atoms with Gasteiger partial charge in [-0.2, -0.15) is 0 Å². The first-order valence-electron chi connectivity index (χ1n) is 7.54. The molecule has 1 aliphatic rings. The Kier molecular flexibility index (Phi) is 5.82. The third-order valence-corrected chi connectivity index (χ3v) is 4.27. The highest BCUT2D eigenvalue weighted by Gasteiger charge is 2.32. The highest BCUT2D eigenvalue weighted by Crippen LogP contribution is 2.21. The van der Waals surface area contributed by atoms with Crippen molar-refractivity contribution in [3.63, 3.8) is 0 Å². The number of carbonyl (C=O) groups is 2. The Morgan fingerprint density at radius 1 is 1.29 bits per heavy atom. The van der Waals surface area contributed by atoms with E-state index in [0.29, 0.717) is 23.8 Å². The number of aromatic amines is 1. The van der Waals surface area contributed by atoms with Crippen molar-refractivity contribution in [2.45, 2.75) is 6.04 Å². The molecule has 0 radical (unpaired) electrons. The maximum atomic E-state index is 12.6. The highest BCUT2D eigenvalue weighted by atomic mass is 35.5. The van der Waals surface area contributed by atoms with Crippen molar-refractivity contribution in [3.8, 4) is 0 Å². The second-order valence-corrected chi connectivity index (χ2v) is 5.94. The number of halogens is 1. The van der Waals surface area contributed by atoms with Crippen LogP contribution in [0.2, 0.25) is 5.02 Å². The quantitative estimate of drug-likeness (QED) is 0.754. The molecule has 2 heterocycles. The predicted octanol–water partition coefficient (Wildman–Crippen LogP) is 1.24. The number of nitrogens with zero attached hydrogens (tertiary/aromatic N) is 2. The number of aliphatic carboxylic acids is 1. The van der Waals surface area contributed by atoms with Crippen LogP contribution < -0.4 is 5.73 Å². The van der Waals surface area contributed by atoms with E-state index in [-0.39, 0.29) is 12.5 Å². The summed E-state index contributed by atoms with van der Waals surface area (Å²) in [4.78, 5) is 30.2. The van der Waals surface area contributed by atoms with Crippen molar-refractivity contribution in [3.05, 3.63) is 35.0 Å². The zero-order chi connectivity index (χ0) is 17.9. The van der Waals surface area contributed by atoms with Crippen LogP contribution in [0.25, 0.3) is 10.9 Å². The average molecular weight is 353 g/mol. The monoisotopic (exact) mass is 352 g/mol. The Labute approximate surface area is 145 Å². The number of benzene rings is 1. The molecule has 1 unspecified atom stereocenters. The summed E-state index contributed by atoms with van der Waals surface area (Å²) in [6, 6.07) is 6.44. The molecule has 2 aromatic rings. The number of rotatable bonds is 2. The van der Waals surface area contributed by atoms with E-state index in [0.717, 1.165) is 10.9 Å². The molecular weight excluding hydrogens is 332 g/mol. The van der Waals surface area contributed by atoms with E-state index < -0.39 is 12.0 Å². The Balaban J connectivity index is 0.00000100. The summed E-state index contributed by atoms with van der Waals surface area (Å²) in [6.45, 7) is 1.23. The highest BCUT2D eigenvalue weighted by molar-refractivity contribution is 6.31. The lowest BCUT2D eigenvalue weighted by Crippen LogP contribution is -2.56. The van der Waals surface area contributed by atoms with Gasteiger partial charge in [0.05, 0.1) is 0 Å². The number of piperazine rings is 1. The smallest absolute Gasteiger partial charge is 0.322 e. The van der Waals surface area contributed by atoms with Gasteiger partial charge in [0.1, 0.15) is 11.7 Å². The molecule has 0 aliphatic carbocycles. The Morgan fingerprint density at radius 3 is 2.67 bits per heavy atom. The summed E-state index contributed by atoms with van der Waals surface area (Å²) in [6.07, 6.45) is 0. The molecule has 7 nitrogen and oxygen atoms in total. The molecular formula is C16H21ClN4O3. The molecule has 24 heavy (non-hydrogen) atoms. The minimum Gasteiger partial charge on any atom is -0.480 e. The number of aromatic nitrogens is 1. The largest absolute Gasteiger partial charge is 0.480 e. The molecule has 1 saturated heterocycles. The first kappa shape index (κ1) is 18.3. The van der Waals surface area contributed by atoms with Crippen molar-refractivity contribution in [1.29, 1.82) is 0 Å². The van der Waals surface area contributed by atoms with Gasteiger partial charge in [0.15, 0.2) is 0 Å². The Hall–Kier alpha value is -2.09. The molecule has 0 bridgehead atoms. The van der Waals surface area contributed by atoms with Crippen LogP contribution in [0.4, 0.5) is 0 Å².